The monoisotopic (exact) mass is 373 g/mol. The van der Waals surface area contributed by atoms with Crippen LogP contribution in [0.15, 0.2) is 18.2 Å². The van der Waals surface area contributed by atoms with Crippen LogP contribution in [0.2, 0.25) is 10.0 Å². The Morgan fingerprint density at radius 3 is 2.67 bits per heavy atom. The van der Waals surface area contributed by atoms with Gasteiger partial charge in [0.05, 0.1) is 5.92 Å². The summed E-state index contributed by atoms with van der Waals surface area (Å²) < 4.78 is 5.47. The lowest BCUT2D eigenvalue weighted by Gasteiger charge is -2.32. The molecular formula is C16H21Cl2N3O3. The molecule has 0 saturated carbocycles. The predicted molar refractivity (Wildman–Crippen MR) is 93.3 cm³/mol. The number of amides is 2. The number of nitrogens with zero attached hydrogens (tertiary/aromatic N) is 1. The van der Waals surface area contributed by atoms with Crippen molar-refractivity contribution in [2.24, 2.45) is 11.7 Å². The van der Waals surface area contributed by atoms with E-state index in [-0.39, 0.29) is 24.3 Å². The highest BCUT2D eigenvalue weighted by molar-refractivity contribution is 6.34. The Morgan fingerprint density at radius 1 is 1.29 bits per heavy atom. The molecule has 132 valence electrons. The van der Waals surface area contributed by atoms with Crippen molar-refractivity contribution in [3.8, 4) is 5.75 Å². The Balaban J connectivity index is 1.86. The third kappa shape index (κ3) is 5.54. The number of carbonyl (C=O) groups excluding carboxylic acids is 2. The van der Waals surface area contributed by atoms with Crippen molar-refractivity contribution in [2.45, 2.75) is 12.8 Å². The largest absolute Gasteiger partial charge is 0.484 e. The molecule has 0 aromatic heterocycles. The number of benzene rings is 1. The smallest absolute Gasteiger partial charge is 0.260 e. The standard InChI is InChI=1S/C16H21Cl2N3O3/c17-12-6-13(18)8-14(7-12)24-10-15(22)21-5-1-2-11(9-21)16(23)20-4-3-19/h6-8,11H,1-5,9-10,19H2,(H,20,23). The van der Waals surface area contributed by atoms with Gasteiger partial charge in [-0.2, -0.15) is 0 Å². The molecule has 0 bridgehead atoms. The summed E-state index contributed by atoms with van der Waals surface area (Å²) in [4.78, 5) is 26.0. The first-order chi connectivity index (χ1) is 11.5. The highest BCUT2D eigenvalue weighted by Gasteiger charge is 2.28. The normalized spacial score (nSPS) is 17.5. The average Bonchev–Trinajstić information content (AvgIpc) is 2.56. The van der Waals surface area contributed by atoms with Crippen LogP contribution >= 0.6 is 23.2 Å². The maximum atomic E-state index is 12.3. The van der Waals surface area contributed by atoms with E-state index in [0.717, 1.165) is 12.8 Å². The Morgan fingerprint density at radius 2 is 2.00 bits per heavy atom. The van der Waals surface area contributed by atoms with E-state index in [1.165, 1.54) is 0 Å². The molecule has 0 aliphatic carbocycles. The number of nitrogens with two attached hydrogens (primary N) is 1. The number of nitrogens with one attached hydrogen (secondary N) is 1. The van der Waals surface area contributed by atoms with Gasteiger partial charge in [0.15, 0.2) is 6.61 Å². The lowest BCUT2D eigenvalue weighted by atomic mass is 9.97. The topological polar surface area (TPSA) is 84.7 Å². The summed E-state index contributed by atoms with van der Waals surface area (Å²) in [6, 6.07) is 4.78. The molecule has 1 aromatic carbocycles. The van der Waals surface area contributed by atoms with E-state index >= 15 is 0 Å². The molecule has 1 aliphatic rings. The molecule has 8 heteroatoms. The maximum Gasteiger partial charge on any atom is 0.260 e. The lowest BCUT2D eigenvalue weighted by molar-refractivity contribution is -0.137. The van der Waals surface area contributed by atoms with Crippen LogP contribution in [-0.2, 0) is 9.59 Å². The molecule has 0 spiro atoms. The number of piperidine rings is 1. The minimum absolute atomic E-state index is 0.0551. The van der Waals surface area contributed by atoms with Gasteiger partial charge in [-0.1, -0.05) is 23.2 Å². The van der Waals surface area contributed by atoms with Crippen LogP contribution in [0.5, 0.6) is 5.75 Å². The van der Waals surface area contributed by atoms with Crippen LogP contribution in [0.1, 0.15) is 12.8 Å². The fourth-order valence-corrected chi connectivity index (χ4v) is 3.11. The summed E-state index contributed by atoms with van der Waals surface area (Å²) in [5, 5.41) is 3.66. The Labute approximate surface area is 151 Å². The number of ether oxygens (including phenoxy) is 1. The fraction of sp³-hybridized carbons (Fsp3) is 0.500. The molecular weight excluding hydrogens is 353 g/mol. The fourth-order valence-electron chi connectivity index (χ4n) is 2.61. The Bertz CT molecular complexity index is 578. The molecule has 1 saturated heterocycles. The van der Waals surface area contributed by atoms with Gasteiger partial charge in [-0.15, -0.1) is 0 Å². The highest BCUT2D eigenvalue weighted by atomic mass is 35.5. The van der Waals surface area contributed by atoms with Crippen LogP contribution in [0, 0.1) is 5.92 Å². The number of halogens is 2. The number of hydrogen-bond acceptors (Lipinski definition) is 4. The van der Waals surface area contributed by atoms with Gasteiger partial charge < -0.3 is 20.7 Å². The van der Waals surface area contributed by atoms with Gasteiger partial charge in [-0.05, 0) is 31.0 Å². The molecule has 0 radical (unpaired) electrons. The Hall–Kier alpha value is -1.50. The van der Waals surface area contributed by atoms with E-state index in [4.69, 9.17) is 33.7 Å². The van der Waals surface area contributed by atoms with E-state index < -0.39 is 0 Å². The molecule has 1 unspecified atom stereocenters. The van der Waals surface area contributed by atoms with Crippen LogP contribution in [-0.4, -0.2) is 49.5 Å². The number of hydrogen-bond donors (Lipinski definition) is 2. The summed E-state index contributed by atoms with van der Waals surface area (Å²) in [5.74, 6) is 0.0212. The van der Waals surface area contributed by atoms with Gasteiger partial charge in [0.1, 0.15) is 5.75 Å². The second-order valence-electron chi connectivity index (χ2n) is 5.65. The van der Waals surface area contributed by atoms with Gasteiger partial charge in [0.2, 0.25) is 5.91 Å². The molecule has 2 rings (SSSR count). The zero-order chi connectivity index (χ0) is 17.5. The van der Waals surface area contributed by atoms with Crippen molar-refractivity contribution in [1.29, 1.82) is 0 Å². The first-order valence-corrected chi connectivity index (χ1v) is 8.59. The van der Waals surface area contributed by atoms with Gasteiger partial charge in [0, 0.05) is 36.2 Å². The van der Waals surface area contributed by atoms with Gasteiger partial charge in [0.25, 0.3) is 5.91 Å². The maximum absolute atomic E-state index is 12.3. The minimum Gasteiger partial charge on any atom is -0.484 e. The van der Waals surface area contributed by atoms with Crippen molar-refractivity contribution in [3.63, 3.8) is 0 Å². The minimum atomic E-state index is -0.199. The van der Waals surface area contributed by atoms with Crippen LogP contribution in [0.25, 0.3) is 0 Å². The van der Waals surface area contributed by atoms with Crippen LogP contribution < -0.4 is 15.8 Å². The van der Waals surface area contributed by atoms with E-state index in [0.29, 0.717) is 42.0 Å². The summed E-state index contributed by atoms with van der Waals surface area (Å²) in [5.41, 5.74) is 5.38. The van der Waals surface area contributed by atoms with Crippen molar-refractivity contribution in [2.75, 3.05) is 32.8 Å². The second-order valence-corrected chi connectivity index (χ2v) is 6.53. The lowest BCUT2D eigenvalue weighted by Crippen LogP contribution is -2.47. The van der Waals surface area contributed by atoms with E-state index in [2.05, 4.69) is 5.32 Å². The third-order valence-corrected chi connectivity index (χ3v) is 4.22. The second kappa shape index (κ2) is 9.11. The number of likely N-dealkylation sites (tertiary alicyclic amines) is 1. The quantitative estimate of drug-likeness (QED) is 0.794. The third-order valence-electron chi connectivity index (χ3n) is 3.79. The molecule has 1 aromatic rings. The van der Waals surface area contributed by atoms with Crippen molar-refractivity contribution < 1.29 is 14.3 Å². The van der Waals surface area contributed by atoms with Crippen LogP contribution in [0.4, 0.5) is 0 Å². The Kier molecular flexibility index (Phi) is 7.15. The molecule has 24 heavy (non-hydrogen) atoms. The average molecular weight is 374 g/mol. The van der Waals surface area contributed by atoms with Crippen molar-refractivity contribution in [3.05, 3.63) is 28.2 Å². The molecule has 2 amide bonds. The molecule has 1 atom stereocenters. The van der Waals surface area contributed by atoms with Gasteiger partial charge in [-0.3, -0.25) is 9.59 Å². The zero-order valence-electron chi connectivity index (χ0n) is 13.3. The molecule has 6 nitrogen and oxygen atoms in total. The van der Waals surface area contributed by atoms with Crippen LogP contribution in [0.3, 0.4) is 0 Å². The SMILES string of the molecule is NCCNC(=O)C1CCCN(C(=O)COc2cc(Cl)cc(Cl)c2)C1. The first-order valence-electron chi connectivity index (χ1n) is 7.84. The number of carbonyl (C=O) groups is 2. The first kappa shape index (κ1) is 18.8. The predicted octanol–water partition coefficient (Wildman–Crippen LogP) is 1.69. The zero-order valence-corrected chi connectivity index (χ0v) is 14.8. The van der Waals surface area contributed by atoms with Crippen molar-refractivity contribution in [1.82, 2.24) is 10.2 Å². The summed E-state index contributed by atoms with van der Waals surface area (Å²) >= 11 is 11.8. The van der Waals surface area contributed by atoms with Gasteiger partial charge >= 0.3 is 0 Å². The summed E-state index contributed by atoms with van der Waals surface area (Å²) in [7, 11) is 0. The van der Waals surface area contributed by atoms with Gasteiger partial charge in [-0.25, -0.2) is 0 Å². The molecule has 3 N–H and O–H groups in total. The van der Waals surface area contributed by atoms with Crippen molar-refractivity contribution >= 4 is 35.0 Å². The number of rotatable bonds is 6. The summed E-state index contributed by atoms with van der Waals surface area (Å²) in [6.45, 7) is 1.75. The molecule has 1 aliphatic heterocycles. The highest BCUT2D eigenvalue weighted by Crippen LogP contribution is 2.24. The van der Waals surface area contributed by atoms with E-state index in [9.17, 15) is 9.59 Å². The van der Waals surface area contributed by atoms with E-state index in [1.54, 1.807) is 23.1 Å². The molecule has 1 heterocycles. The summed E-state index contributed by atoms with van der Waals surface area (Å²) in [6.07, 6.45) is 1.56. The van der Waals surface area contributed by atoms with E-state index in [1.807, 2.05) is 0 Å². The molecule has 1 fully saturated rings.